The van der Waals surface area contributed by atoms with Crippen LogP contribution in [0.1, 0.15) is 22.5 Å². The van der Waals surface area contributed by atoms with E-state index in [1.807, 2.05) is 26.0 Å². The summed E-state index contributed by atoms with van der Waals surface area (Å²) in [4.78, 5) is 38.9. The van der Waals surface area contributed by atoms with Crippen molar-refractivity contribution in [3.8, 4) is 5.69 Å². The lowest BCUT2D eigenvalue weighted by atomic mass is 10.2. The van der Waals surface area contributed by atoms with Crippen LogP contribution in [0.25, 0.3) is 11.8 Å². The number of aromatic nitrogens is 1. The van der Waals surface area contributed by atoms with Crippen LogP contribution in [-0.2, 0) is 9.59 Å². The third-order valence-electron chi connectivity index (χ3n) is 5.46. The summed E-state index contributed by atoms with van der Waals surface area (Å²) in [5.41, 5.74) is 5.36. The molecule has 0 radical (unpaired) electrons. The van der Waals surface area contributed by atoms with Crippen LogP contribution in [0, 0.1) is 30.2 Å². The molecule has 0 saturated carbocycles. The largest absolute Gasteiger partial charge is 0.325 e. The molecular formula is C25H21FIN3O3S. The first-order valence-electron chi connectivity index (χ1n) is 10.4. The van der Waals surface area contributed by atoms with Crippen LogP contribution in [0.5, 0.6) is 0 Å². The zero-order chi connectivity index (χ0) is 24.6. The maximum absolute atomic E-state index is 13.0. The molecule has 0 aliphatic carbocycles. The fraction of sp³-hybridized carbons (Fsp3) is 0.160. The normalized spacial score (nSPS) is 14.9. The number of aryl methyl sites for hydroxylation is 2. The van der Waals surface area contributed by atoms with Gasteiger partial charge in [-0.2, -0.15) is 0 Å². The van der Waals surface area contributed by atoms with E-state index in [4.69, 9.17) is 0 Å². The molecule has 0 unspecified atom stereocenters. The van der Waals surface area contributed by atoms with Crippen LogP contribution >= 0.6 is 34.4 Å². The molecule has 0 spiro atoms. The lowest BCUT2D eigenvalue weighted by Crippen LogP contribution is -2.36. The Morgan fingerprint density at radius 3 is 2.47 bits per heavy atom. The van der Waals surface area contributed by atoms with E-state index in [1.165, 1.54) is 33.4 Å². The van der Waals surface area contributed by atoms with Crippen molar-refractivity contribution in [1.82, 2.24) is 9.47 Å². The number of thioether (sulfide) groups is 1. The fourth-order valence-corrected chi connectivity index (χ4v) is 4.92. The molecule has 1 saturated heterocycles. The summed E-state index contributed by atoms with van der Waals surface area (Å²) in [6.45, 7) is 5.60. The van der Waals surface area contributed by atoms with E-state index in [1.54, 1.807) is 6.08 Å². The van der Waals surface area contributed by atoms with Crippen LogP contribution < -0.4 is 5.32 Å². The van der Waals surface area contributed by atoms with Crippen molar-refractivity contribution in [2.45, 2.75) is 20.8 Å². The molecule has 2 aromatic carbocycles. The molecule has 1 aliphatic heterocycles. The van der Waals surface area contributed by atoms with Gasteiger partial charge in [0.15, 0.2) is 0 Å². The molecule has 1 aliphatic rings. The first-order valence-corrected chi connectivity index (χ1v) is 12.3. The summed E-state index contributed by atoms with van der Waals surface area (Å²) in [7, 11) is 0. The van der Waals surface area contributed by atoms with E-state index in [0.29, 0.717) is 5.69 Å². The maximum Gasteiger partial charge on any atom is 0.294 e. The smallest absolute Gasteiger partial charge is 0.294 e. The van der Waals surface area contributed by atoms with E-state index in [0.717, 1.165) is 39.3 Å². The van der Waals surface area contributed by atoms with Gasteiger partial charge in [-0.1, -0.05) is 0 Å². The maximum atomic E-state index is 13.0. The van der Waals surface area contributed by atoms with Crippen LogP contribution in [0.15, 0.2) is 53.4 Å². The average molecular weight is 589 g/mol. The number of nitrogens with one attached hydrogen (secondary N) is 1. The zero-order valence-corrected chi connectivity index (χ0v) is 21.7. The first-order chi connectivity index (χ1) is 16.1. The molecule has 1 aromatic heterocycles. The Kier molecular flexibility index (Phi) is 6.94. The van der Waals surface area contributed by atoms with Crippen molar-refractivity contribution in [3.63, 3.8) is 0 Å². The first kappa shape index (κ1) is 24.2. The Morgan fingerprint density at radius 1 is 1.09 bits per heavy atom. The van der Waals surface area contributed by atoms with Crippen LogP contribution in [-0.4, -0.2) is 33.1 Å². The van der Waals surface area contributed by atoms with E-state index in [-0.39, 0.29) is 4.91 Å². The number of rotatable bonds is 5. The predicted molar refractivity (Wildman–Crippen MR) is 140 cm³/mol. The molecule has 0 atom stereocenters. The minimum absolute atomic E-state index is 0.263. The third-order valence-corrected chi connectivity index (χ3v) is 7.58. The number of anilines is 1. The Labute approximate surface area is 214 Å². The summed E-state index contributed by atoms with van der Waals surface area (Å²) in [6, 6.07) is 13.4. The summed E-state index contributed by atoms with van der Waals surface area (Å²) in [6.07, 6.45) is 1.70. The van der Waals surface area contributed by atoms with E-state index < -0.39 is 29.4 Å². The fourth-order valence-electron chi connectivity index (χ4n) is 3.75. The highest BCUT2D eigenvalue weighted by atomic mass is 127. The third kappa shape index (κ3) is 4.95. The van der Waals surface area contributed by atoms with E-state index >= 15 is 0 Å². The molecule has 6 nitrogen and oxygen atoms in total. The van der Waals surface area contributed by atoms with Gasteiger partial charge in [-0.3, -0.25) is 19.3 Å². The van der Waals surface area contributed by atoms with Crippen molar-refractivity contribution in [3.05, 3.63) is 85.3 Å². The number of hydrogen-bond donors (Lipinski definition) is 1. The van der Waals surface area contributed by atoms with Crippen molar-refractivity contribution >= 4 is 63.2 Å². The van der Waals surface area contributed by atoms with Crippen molar-refractivity contribution in [2.24, 2.45) is 0 Å². The van der Waals surface area contributed by atoms with Gasteiger partial charge in [0.1, 0.15) is 12.4 Å². The number of imide groups is 1. The van der Waals surface area contributed by atoms with E-state index in [9.17, 15) is 18.8 Å². The molecule has 1 N–H and O–H groups in total. The molecular weight excluding hydrogens is 568 g/mol. The van der Waals surface area contributed by atoms with E-state index in [2.05, 4.69) is 51.5 Å². The van der Waals surface area contributed by atoms with Crippen molar-refractivity contribution < 1.29 is 18.8 Å². The van der Waals surface area contributed by atoms with Crippen molar-refractivity contribution in [2.75, 3.05) is 11.9 Å². The van der Waals surface area contributed by atoms with Gasteiger partial charge in [0.05, 0.1) is 4.91 Å². The minimum Gasteiger partial charge on any atom is -0.325 e. The molecule has 9 heteroatoms. The van der Waals surface area contributed by atoms with Gasteiger partial charge in [-0.25, -0.2) is 4.39 Å². The molecule has 3 aromatic rings. The van der Waals surface area contributed by atoms with Crippen LogP contribution in [0.4, 0.5) is 14.9 Å². The van der Waals surface area contributed by atoms with Crippen LogP contribution in [0.3, 0.4) is 0 Å². The standard InChI is InChI=1S/C25H21FIN3O3S/c1-14-10-20(8-9-21(14)27)30-15(2)11-17(16(30)3)12-22-24(32)29(25(33)34-22)13-23(31)28-19-6-4-18(26)5-7-19/h4-12H,13H2,1-3H3,(H,28,31)/b22-12-. The predicted octanol–water partition coefficient (Wildman–Crippen LogP) is 5.82. The molecule has 2 heterocycles. The van der Waals surface area contributed by atoms with Gasteiger partial charge in [0.25, 0.3) is 11.1 Å². The monoisotopic (exact) mass is 589 g/mol. The van der Waals surface area contributed by atoms with Gasteiger partial charge in [0.2, 0.25) is 5.91 Å². The second-order valence-electron chi connectivity index (χ2n) is 7.92. The highest BCUT2D eigenvalue weighted by Gasteiger charge is 2.36. The topological polar surface area (TPSA) is 71.4 Å². The molecule has 3 amide bonds. The lowest BCUT2D eigenvalue weighted by Gasteiger charge is -2.12. The van der Waals surface area contributed by atoms with Crippen LogP contribution in [0.2, 0.25) is 0 Å². The van der Waals surface area contributed by atoms with Crippen molar-refractivity contribution in [1.29, 1.82) is 0 Å². The van der Waals surface area contributed by atoms with Gasteiger partial charge >= 0.3 is 0 Å². The highest BCUT2D eigenvalue weighted by Crippen LogP contribution is 2.34. The molecule has 4 rings (SSSR count). The molecule has 1 fully saturated rings. The van der Waals surface area contributed by atoms with Gasteiger partial charge in [-0.15, -0.1) is 0 Å². The molecule has 0 bridgehead atoms. The second kappa shape index (κ2) is 9.75. The average Bonchev–Trinajstić information content (AvgIpc) is 3.21. The number of hydrogen-bond acceptors (Lipinski definition) is 4. The minimum atomic E-state index is -0.539. The number of benzene rings is 2. The number of carbonyl (C=O) groups excluding carboxylic acids is 3. The number of carbonyl (C=O) groups is 3. The molecule has 34 heavy (non-hydrogen) atoms. The van der Waals surface area contributed by atoms with Gasteiger partial charge in [-0.05, 0) is 121 Å². The quantitative estimate of drug-likeness (QED) is 0.301. The number of halogens is 2. The summed E-state index contributed by atoms with van der Waals surface area (Å²) in [5, 5.41) is 2.06. The molecule has 174 valence electrons. The number of nitrogens with zero attached hydrogens (tertiary/aromatic N) is 2. The van der Waals surface area contributed by atoms with Gasteiger partial charge in [0, 0.05) is 26.3 Å². The zero-order valence-electron chi connectivity index (χ0n) is 18.7. The Bertz CT molecular complexity index is 1350. The summed E-state index contributed by atoms with van der Waals surface area (Å²) < 4.78 is 16.3. The summed E-state index contributed by atoms with van der Waals surface area (Å²) in [5.74, 6) is -1.48. The Morgan fingerprint density at radius 2 is 1.79 bits per heavy atom. The van der Waals surface area contributed by atoms with Gasteiger partial charge < -0.3 is 9.88 Å². The lowest BCUT2D eigenvalue weighted by molar-refractivity contribution is -0.127. The Hall–Kier alpha value is -2.92. The Balaban J connectivity index is 1.53. The number of amides is 3. The highest BCUT2D eigenvalue weighted by molar-refractivity contribution is 14.1. The second-order valence-corrected chi connectivity index (χ2v) is 10.1. The summed E-state index contributed by atoms with van der Waals surface area (Å²) >= 11 is 3.11. The SMILES string of the molecule is Cc1cc(-n2c(C)cc(/C=C3\SC(=O)N(CC(=O)Nc4ccc(F)cc4)C3=O)c2C)ccc1I.